The van der Waals surface area contributed by atoms with Gasteiger partial charge in [-0.3, -0.25) is 14.7 Å². The highest BCUT2D eigenvalue weighted by molar-refractivity contribution is 5.99. The molecule has 0 bridgehead atoms. The lowest BCUT2D eigenvalue weighted by Crippen LogP contribution is -2.23. The third-order valence-electron chi connectivity index (χ3n) is 5.64. The molecule has 0 aliphatic carbocycles. The van der Waals surface area contributed by atoms with Crippen LogP contribution in [0.4, 0.5) is 26.7 Å². The number of urea groups is 1. The number of halogens is 1. The number of anilines is 3. The Labute approximate surface area is 211 Å². The summed E-state index contributed by atoms with van der Waals surface area (Å²) in [6, 6.07) is 6.20. The number of pyridine rings is 1. The number of benzene rings is 1. The van der Waals surface area contributed by atoms with E-state index in [2.05, 4.69) is 31.1 Å². The van der Waals surface area contributed by atoms with Gasteiger partial charge >= 0.3 is 6.03 Å². The van der Waals surface area contributed by atoms with Gasteiger partial charge in [-0.15, -0.1) is 0 Å². The molecular formula is C25H28FN7O4. The molecule has 0 saturated heterocycles. The van der Waals surface area contributed by atoms with E-state index in [-0.39, 0.29) is 46.7 Å². The number of aromatic nitrogens is 4. The van der Waals surface area contributed by atoms with Gasteiger partial charge in [0.2, 0.25) is 11.8 Å². The molecule has 11 nitrogen and oxygen atoms in total. The summed E-state index contributed by atoms with van der Waals surface area (Å²) in [6.07, 6.45) is 1.55. The van der Waals surface area contributed by atoms with E-state index >= 15 is 0 Å². The Morgan fingerprint density at radius 3 is 2.65 bits per heavy atom. The van der Waals surface area contributed by atoms with E-state index in [4.69, 9.17) is 4.52 Å². The molecule has 0 aliphatic rings. The molecule has 194 valence electrons. The van der Waals surface area contributed by atoms with Gasteiger partial charge in [0.05, 0.1) is 18.0 Å². The lowest BCUT2D eigenvalue weighted by molar-refractivity contribution is 0.261. The third kappa shape index (κ3) is 5.59. The number of carbonyl (C=O) groups excluding carboxylic acids is 1. The summed E-state index contributed by atoms with van der Waals surface area (Å²) >= 11 is 0. The van der Waals surface area contributed by atoms with Gasteiger partial charge in [0.1, 0.15) is 11.5 Å². The van der Waals surface area contributed by atoms with Gasteiger partial charge in [0, 0.05) is 41.7 Å². The monoisotopic (exact) mass is 509 g/mol. The van der Waals surface area contributed by atoms with Crippen molar-refractivity contribution in [1.82, 2.24) is 19.7 Å². The summed E-state index contributed by atoms with van der Waals surface area (Å²) in [5.41, 5.74) is 0.942. The summed E-state index contributed by atoms with van der Waals surface area (Å²) in [5, 5.41) is 21.6. The Balaban J connectivity index is 1.61. The largest absolute Gasteiger partial charge is 0.394 e. The molecule has 0 spiro atoms. The van der Waals surface area contributed by atoms with Crippen molar-refractivity contribution < 1.29 is 18.8 Å². The maximum atomic E-state index is 14.5. The summed E-state index contributed by atoms with van der Waals surface area (Å²) < 4.78 is 21.1. The number of hydrogen-bond acceptors (Lipinski definition) is 8. The van der Waals surface area contributed by atoms with E-state index in [0.29, 0.717) is 22.3 Å². The van der Waals surface area contributed by atoms with Crippen molar-refractivity contribution in [1.29, 1.82) is 0 Å². The van der Waals surface area contributed by atoms with Crippen LogP contribution in [-0.4, -0.2) is 43.5 Å². The zero-order valence-corrected chi connectivity index (χ0v) is 21.1. The number of aliphatic hydroxyl groups is 1. The Hall–Kier alpha value is -4.32. The first-order valence-electron chi connectivity index (χ1n) is 11.6. The number of aliphatic hydroxyl groups excluding tert-OH is 1. The van der Waals surface area contributed by atoms with Crippen LogP contribution in [0.3, 0.4) is 0 Å². The predicted molar refractivity (Wildman–Crippen MR) is 138 cm³/mol. The lowest BCUT2D eigenvalue weighted by atomic mass is 9.92. The summed E-state index contributed by atoms with van der Waals surface area (Å²) in [7, 11) is 1.57. The van der Waals surface area contributed by atoms with Crippen molar-refractivity contribution in [3.05, 3.63) is 58.4 Å². The van der Waals surface area contributed by atoms with Gasteiger partial charge in [0.15, 0.2) is 0 Å². The van der Waals surface area contributed by atoms with Gasteiger partial charge in [-0.25, -0.2) is 14.2 Å². The standard InChI is InChI=1S/C25H28FN7O4/c1-13(12-34)28-23-27-11-15-8-16(22(35)33(5)21(15)31-23)14-6-7-17(26)18(9-14)29-24(36)30-20-10-19(32-37-20)25(2,3)4/h6-11,13,34H,12H2,1-5H3,(H,27,28,31)(H2,29,30,36)/t13-/m0/s1. The second-order valence-corrected chi connectivity index (χ2v) is 9.72. The normalized spacial score (nSPS) is 12.4. The molecule has 4 aromatic rings. The number of aryl methyl sites for hydroxylation is 1. The highest BCUT2D eigenvalue weighted by Gasteiger charge is 2.20. The van der Waals surface area contributed by atoms with Gasteiger partial charge in [-0.05, 0) is 30.7 Å². The van der Waals surface area contributed by atoms with Gasteiger partial charge < -0.3 is 20.3 Å². The van der Waals surface area contributed by atoms with Crippen LogP contribution < -0.4 is 21.5 Å². The highest BCUT2D eigenvalue weighted by Crippen LogP contribution is 2.26. The molecule has 37 heavy (non-hydrogen) atoms. The Kier molecular flexibility index (Phi) is 6.94. The molecule has 3 aromatic heterocycles. The Morgan fingerprint density at radius 2 is 1.97 bits per heavy atom. The van der Waals surface area contributed by atoms with Crippen LogP contribution in [0.1, 0.15) is 33.4 Å². The van der Waals surface area contributed by atoms with Crippen LogP contribution in [0.2, 0.25) is 0 Å². The van der Waals surface area contributed by atoms with Crippen molar-refractivity contribution >= 4 is 34.6 Å². The van der Waals surface area contributed by atoms with Gasteiger partial charge in [-0.1, -0.05) is 32.0 Å². The molecule has 4 N–H and O–H groups in total. The number of amides is 2. The molecule has 0 aliphatic heterocycles. The van der Waals surface area contributed by atoms with Crippen molar-refractivity contribution in [2.24, 2.45) is 7.05 Å². The number of rotatable bonds is 6. The molecule has 4 rings (SSSR count). The van der Waals surface area contributed by atoms with Crippen LogP contribution in [0, 0.1) is 5.82 Å². The second kappa shape index (κ2) is 9.97. The summed E-state index contributed by atoms with van der Waals surface area (Å²) in [6.45, 7) is 7.52. The first-order chi connectivity index (χ1) is 17.5. The van der Waals surface area contributed by atoms with Crippen LogP contribution in [-0.2, 0) is 12.5 Å². The minimum absolute atomic E-state index is 0.103. The van der Waals surface area contributed by atoms with E-state index in [1.54, 1.807) is 32.3 Å². The number of nitrogens with one attached hydrogen (secondary N) is 3. The molecule has 3 heterocycles. The Morgan fingerprint density at radius 1 is 1.22 bits per heavy atom. The van der Waals surface area contributed by atoms with Crippen LogP contribution >= 0.6 is 0 Å². The first-order valence-corrected chi connectivity index (χ1v) is 11.6. The quantitative estimate of drug-likeness (QED) is 0.306. The molecular weight excluding hydrogens is 481 g/mol. The molecule has 2 amide bonds. The Bertz CT molecular complexity index is 1520. The SMILES string of the molecule is C[C@@H](CO)Nc1ncc2cc(-c3ccc(F)c(NC(=O)Nc4cc(C(C)(C)C)no4)c3)c(=O)n(C)c2n1. The zero-order chi connectivity index (χ0) is 26.9. The van der Waals surface area contributed by atoms with Crippen LogP contribution in [0.25, 0.3) is 22.2 Å². The highest BCUT2D eigenvalue weighted by atomic mass is 19.1. The number of hydrogen-bond donors (Lipinski definition) is 4. The fourth-order valence-corrected chi connectivity index (χ4v) is 3.53. The average Bonchev–Trinajstić information content (AvgIpc) is 3.32. The average molecular weight is 510 g/mol. The molecule has 12 heteroatoms. The first kappa shape index (κ1) is 25.8. The number of fused-ring (bicyclic) bond motifs is 1. The number of carbonyl (C=O) groups is 1. The minimum atomic E-state index is -0.732. The van der Waals surface area contributed by atoms with E-state index in [1.165, 1.54) is 22.8 Å². The van der Waals surface area contributed by atoms with E-state index in [0.717, 1.165) is 0 Å². The maximum absolute atomic E-state index is 14.5. The topological polar surface area (TPSA) is 147 Å². The van der Waals surface area contributed by atoms with Crippen LogP contribution in [0.5, 0.6) is 0 Å². The smallest absolute Gasteiger partial charge is 0.326 e. The van der Waals surface area contributed by atoms with E-state index in [1.807, 2.05) is 20.8 Å². The van der Waals surface area contributed by atoms with E-state index < -0.39 is 11.8 Å². The molecule has 0 saturated carbocycles. The zero-order valence-electron chi connectivity index (χ0n) is 21.1. The summed E-state index contributed by atoms with van der Waals surface area (Å²) in [4.78, 5) is 34.2. The fraction of sp³-hybridized carbons (Fsp3) is 0.320. The van der Waals surface area contributed by atoms with Gasteiger partial charge in [-0.2, -0.15) is 4.98 Å². The van der Waals surface area contributed by atoms with Crippen molar-refractivity contribution in [2.75, 3.05) is 22.6 Å². The maximum Gasteiger partial charge on any atom is 0.326 e. The fourth-order valence-electron chi connectivity index (χ4n) is 3.53. The molecule has 0 radical (unpaired) electrons. The lowest BCUT2D eigenvalue weighted by Gasteiger charge is -2.13. The molecule has 0 unspecified atom stereocenters. The molecule has 1 atom stereocenters. The summed E-state index contributed by atoms with van der Waals surface area (Å²) in [5.74, 6) is -0.288. The minimum Gasteiger partial charge on any atom is -0.394 e. The predicted octanol–water partition coefficient (Wildman–Crippen LogP) is 3.86. The third-order valence-corrected chi connectivity index (χ3v) is 5.64. The molecule has 0 fully saturated rings. The second-order valence-electron chi connectivity index (χ2n) is 9.72. The van der Waals surface area contributed by atoms with Crippen molar-refractivity contribution in [2.45, 2.75) is 39.2 Å². The van der Waals surface area contributed by atoms with Crippen molar-refractivity contribution in [3.8, 4) is 11.1 Å². The van der Waals surface area contributed by atoms with Gasteiger partial charge in [0.25, 0.3) is 5.56 Å². The van der Waals surface area contributed by atoms with E-state index in [9.17, 15) is 19.1 Å². The number of nitrogens with zero attached hydrogens (tertiary/aromatic N) is 4. The van der Waals surface area contributed by atoms with Crippen LogP contribution in [0.15, 0.2) is 45.8 Å². The van der Waals surface area contributed by atoms with Crippen molar-refractivity contribution in [3.63, 3.8) is 0 Å². The molecule has 1 aromatic carbocycles.